The maximum absolute atomic E-state index is 13.5. The van der Waals surface area contributed by atoms with E-state index >= 15 is 0 Å². The Labute approximate surface area is 137 Å². The molecule has 1 amide bonds. The van der Waals surface area contributed by atoms with Crippen molar-refractivity contribution in [1.82, 2.24) is 10.2 Å². The molecule has 24 heavy (non-hydrogen) atoms. The molecule has 0 fully saturated rings. The molecule has 10 heteroatoms. The zero-order valence-corrected chi connectivity index (χ0v) is 13.9. The first-order valence-corrected chi connectivity index (χ1v) is 6.68. The Kier molecular flexibility index (Phi) is 8.00. The second kappa shape index (κ2) is 8.94. The van der Waals surface area contributed by atoms with Gasteiger partial charge in [-0.3, -0.25) is 4.79 Å². The Morgan fingerprint density at radius 1 is 1.17 bits per heavy atom. The van der Waals surface area contributed by atoms with E-state index in [9.17, 15) is 27.6 Å². The molecule has 0 unspecified atom stereocenters. The van der Waals surface area contributed by atoms with E-state index < -0.39 is 40.9 Å². The predicted octanol–water partition coefficient (Wildman–Crippen LogP) is 1.12. The highest BCUT2D eigenvalue weighted by Crippen LogP contribution is 2.34. The van der Waals surface area contributed by atoms with E-state index in [-0.39, 0.29) is 6.61 Å². The van der Waals surface area contributed by atoms with Gasteiger partial charge in [-0.05, 0) is 6.92 Å². The number of alkyl halides is 3. The summed E-state index contributed by atoms with van der Waals surface area (Å²) in [5.41, 5.74) is -3.79. The molecular formula is C14H19F3N2O5. The smallest absolute Gasteiger partial charge is 0.419 e. The third-order valence-electron chi connectivity index (χ3n) is 2.38. The van der Waals surface area contributed by atoms with Crippen molar-refractivity contribution >= 4 is 17.8 Å². The van der Waals surface area contributed by atoms with Gasteiger partial charge in [0.05, 0.1) is 19.3 Å². The Balaban J connectivity index is 6.66. The third kappa shape index (κ3) is 6.31. The molecule has 0 aliphatic rings. The first kappa shape index (κ1) is 21.5. The number of amides is 1. The summed E-state index contributed by atoms with van der Waals surface area (Å²) in [6, 6.07) is 0. The van der Waals surface area contributed by atoms with Crippen LogP contribution in [-0.4, -0.2) is 56.7 Å². The van der Waals surface area contributed by atoms with Crippen molar-refractivity contribution in [3.05, 3.63) is 23.0 Å². The number of rotatable bonds is 6. The van der Waals surface area contributed by atoms with Crippen LogP contribution in [0.4, 0.5) is 13.2 Å². The van der Waals surface area contributed by atoms with E-state index in [1.54, 1.807) is 5.32 Å². The van der Waals surface area contributed by atoms with Gasteiger partial charge in [-0.1, -0.05) is 0 Å². The molecule has 136 valence electrons. The van der Waals surface area contributed by atoms with E-state index in [2.05, 4.69) is 9.47 Å². The summed E-state index contributed by atoms with van der Waals surface area (Å²) in [6.45, 7) is 2.15. The summed E-state index contributed by atoms with van der Waals surface area (Å²) in [4.78, 5) is 36.0. The summed E-state index contributed by atoms with van der Waals surface area (Å²) >= 11 is 0. The molecule has 7 nitrogen and oxygen atoms in total. The van der Waals surface area contributed by atoms with Gasteiger partial charge in [-0.2, -0.15) is 13.2 Å². The quantitative estimate of drug-likeness (QED) is 0.438. The summed E-state index contributed by atoms with van der Waals surface area (Å²) in [5.74, 6) is -3.69. The van der Waals surface area contributed by atoms with Crippen LogP contribution in [0, 0.1) is 0 Å². The van der Waals surface area contributed by atoms with Crippen LogP contribution in [0.15, 0.2) is 23.0 Å². The van der Waals surface area contributed by atoms with Crippen LogP contribution < -0.4 is 5.32 Å². The Morgan fingerprint density at radius 2 is 1.71 bits per heavy atom. The minimum atomic E-state index is -5.14. The normalized spacial score (nSPS) is 12.9. The van der Waals surface area contributed by atoms with Gasteiger partial charge < -0.3 is 19.7 Å². The van der Waals surface area contributed by atoms with Crippen LogP contribution in [0.1, 0.15) is 13.8 Å². The summed E-state index contributed by atoms with van der Waals surface area (Å²) in [7, 11) is 3.60. The van der Waals surface area contributed by atoms with Crippen molar-refractivity contribution < 1.29 is 37.0 Å². The minimum absolute atomic E-state index is 0.178. The van der Waals surface area contributed by atoms with Crippen LogP contribution in [0.2, 0.25) is 0 Å². The molecule has 0 heterocycles. The third-order valence-corrected chi connectivity index (χ3v) is 2.38. The van der Waals surface area contributed by atoms with Crippen molar-refractivity contribution in [2.45, 2.75) is 20.0 Å². The largest absolute Gasteiger partial charge is 0.464 e. The van der Waals surface area contributed by atoms with Gasteiger partial charge >= 0.3 is 18.1 Å². The number of carbonyl (C=O) groups excluding carboxylic acids is 3. The van der Waals surface area contributed by atoms with Gasteiger partial charge in [0.1, 0.15) is 11.3 Å². The second-order valence-corrected chi connectivity index (χ2v) is 4.65. The Morgan fingerprint density at radius 3 is 2.04 bits per heavy atom. The van der Waals surface area contributed by atoms with Crippen LogP contribution in [0.25, 0.3) is 0 Å². The second-order valence-electron chi connectivity index (χ2n) is 4.65. The van der Waals surface area contributed by atoms with E-state index in [4.69, 9.17) is 0 Å². The fraction of sp³-hybridized carbons (Fsp3) is 0.500. The van der Waals surface area contributed by atoms with Gasteiger partial charge in [0, 0.05) is 27.2 Å². The first-order valence-electron chi connectivity index (χ1n) is 6.68. The molecule has 0 aliphatic heterocycles. The summed E-state index contributed by atoms with van der Waals surface area (Å²) in [5, 5.41) is 1.77. The highest BCUT2D eigenvalue weighted by atomic mass is 19.4. The molecule has 0 aromatic rings. The van der Waals surface area contributed by atoms with Crippen molar-refractivity contribution in [2.75, 3.05) is 27.8 Å². The number of carbonyl (C=O) groups is 3. The van der Waals surface area contributed by atoms with E-state index in [0.29, 0.717) is 0 Å². The SMILES string of the molecule is CCOC(=O)C(=C/N(C)C)/C(=C(\NC(C)=O)C(=O)OC)C(F)(F)F. The molecule has 0 saturated heterocycles. The highest BCUT2D eigenvalue weighted by Gasteiger charge is 2.44. The van der Waals surface area contributed by atoms with Crippen LogP contribution in [-0.2, 0) is 23.9 Å². The molecule has 0 rings (SSSR count). The van der Waals surface area contributed by atoms with E-state index in [0.717, 1.165) is 20.2 Å². The number of nitrogens with one attached hydrogen (secondary N) is 1. The van der Waals surface area contributed by atoms with Gasteiger partial charge in [0.15, 0.2) is 0 Å². The molecule has 0 bridgehead atoms. The number of hydrogen-bond donors (Lipinski definition) is 1. The van der Waals surface area contributed by atoms with E-state index in [1.807, 2.05) is 0 Å². The van der Waals surface area contributed by atoms with Gasteiger partial charge in [0.25, 0.3) is 0 Å². The average Bonchev–Trinajstić information content (AvgIpc) is 2.42. The topological polar surface area (TPSA) is 84.9 Å². The lowest BCUT2D eigenvalue weighted by molar-refractivity contribution is -0.141. The molecule has 0 atom stereocenters. The monoisotopic (exact) mass is 352 g/mol. The lowest BCUT2D eigenvalue weighted by Gasteiger charge is -2.20. The number of halogens is 3. The van der Waals surface area contributed by atoms with E-state index in [1.165, 1.54) is 25.9 Å². The van der Waals surface area contributed by atoms with Gasteiger partial charge in [0.2, 0.25) is 5.91 Å². The van der Waals surface area contributed by atoms with Crippen molar-refractivity contribution in [2.24, 2.45) is 0 Å². The number of esters is 2. The number of methoxy groups -OCH3 is 1. The zero-order valence-electron chi connectivity index (χ0n) is 13.9. The van der Waals surface area contributed by atoms with Crippen LogP contribution in [0.5, 0.6) is 0 Å². The zero-order chi connectivity index (χ0) is 19.1. The Hall–Kier alpha value is -2.52. The van der Waals surface area contributed by atoms with Gasteiger partial charge in [-0.15, -0.1) is 0 Å². The predicted molar refractivity (Wildman–Crippen MR) is 77.3 cm³/mol. The maximum atomic E-state index is 13.5. The Bertz CT molecular complexity index is 565. The average molecular weight is 352 g/mol. The summed E-state index contributed by atoms with van der Waals surface area (Å²) < 4.78 is 49.5. The number of nitrogens with zero attached hydrogens (tertiary/aromatic N) is 1. The van der Waals surface area contributed by atoms with Gasteiger partial charge in [-0.25, -0.2) is 9.59 Å². The first-order chi connectivity index (χ1) is 10.9. The van der Waals surface area contributed by atoms with Crippen LogP contribution in [0.3, 0.4) is 0 Å². The van der Waals surface area contributed by atoms with Crippen LogP contribution >= 0.6 is 0 Å². The molecule has 1 N–H and O–H groups in total. The highest BCUT2D eigenvalue weighted by molar-refractivity contribution is 6.00. The summed E-state index contributed by atoms with van der Waals surface area (Å²) in [6.07, 6.45) is -4.30. The molecule has 0 radical (unpaired) electrons. The molecule has 0 saturated carbocycles. The minimum Gasteiger partial charge on any atom is -0.464 e. The fourth-order valence-corrected chi connectivity index (χ4v) is 1.61. The lowest BCUT2D eigenvalue weighted by atomic mass is 10.0. The lowest BCUT2D eigenvalue weighted by Crippen LogP contribution is -2.33. The maximum Gasteiger partial charge on any atom is 0.419 e. The molecule has 0 aliphatic carbocycles. The standard InChI is InChI=1S/C14H19F3N2O5/c1-6-24-12(21)9(7-19(3)4)10(14(15,16)17)11(13(22)23-5)18-8(2)20/h7H,6H2,1-5H3,(H,18,20)/b9-7+,11-10+. The molecular weight excluding hydrogens is 333 g/mol. The number of hydrogen-bond acceptors (Lipinski definition) is 6. The fourth-order valence-electron chi connectivity index (χ4n) is 1.61. The molecule has 0 aromatic carbocycles. The number of ether oxygens (including phenoxy) is 2. The molecule has 0 aromatic heterocycles. The van der Waals surface area contributed by atoms with Crippen molar-refractivity contribution in [3.8, 4) is 0 Å². The van der Waals surface area contributed by atoms with Crippen molar-refractivity contribution in [3.63, 3.8) is 0 Å². The molecule has 0 spiro atoms. The van der Waals surface area contributed by atoms with Crippen molar-refractivity contribution in [1.29, 1.82) is 0 Å².